The van der Waals surface area contributed by atoms with E-state index >= 15 is 0 Å². The van der Waals surface area contributed by atoms with Crippen molar-refractivity contribution in [3.05, 3.63) is 59.4 Å². The molecule has 0 aliphatic carbocycles. The Bertz CT molecular complexity index is 999. The third-order valence-electron chi connectivity index (χ3n) is 6.61. The maximum atomic E-state index is 12.8. The number of aryl methyl sites for hydroxylation is 1. The van der Waals surface area contributed by atoms with Crippen molar-refractivity contribution in [1.29, 1.82) is 0 Å². The predicted molar refractivity (Wildman–Crippen MR) is 122 cm³/mol. The van der Waals surface area contributed by atoms with Crippen LogP contribution in [0.25, 0.3) is 10.2 Å². The number of pyridine rings is 1. The highest BCUT2D eigenvalue weighted by molar-refractivity contribution is 7.18. The van der Waals surface area contributed by atoms with Gasteiger partial charge in [-0.25, -0.2) is 4.98 Å². The summed E-state index contributed by atoms with van der Waals surface area (Å²) in [6, 6.07) is 13.0. The normalized spacial score (nSPS) is 22.5. The third kappa shape index (κ3) is 4.22. The summed E-state index contributed by atoms with van der Waals surface area (Å²) in [6.45, 7) is 2.61. The number of hydrogen-bond donors (Lipinski definition) is 0. The number of fused-ring (bicyclic) bond motifs is 1. The second-order valence-corrected chi connectivity index (χ2v) is 9.50. The quantitative estimate of drug-likeness (QED) is 0.590. The zero-order chi connectivity index (χ0) is 21.2. The van der Waals surface area contributed by atoms with E-state index in [2.05, 4.69) is 27.0 Å². The van der Waals surface area contributed by atoms with Crippen molar-refractivity contribution < 1.29 is 9.53 Å². The highest BCUT2D eigenvalue weighted by Gasteiger charge is 2.44. The van der Waals surface area contributed by atoms with E-state index in [9.17, 15) is 4.79 Å². The number of carbonyl (C=O) groups is 1. The monoisotopic (exact) mass is 436 g/mol. The number of aromatic nitrogens is 2. The summed E-state index contributed by atoms with van der Waals surface area (Å²) < 4.78 is 6.88. The van der Waals surface area contributed by atoms with Gasteiger partial charge in [0.15, 0.2) is 0 Å². The van der Waals surface area contributed by atoms with Gasteiger partial charge in [-0.1, -0.05) is 18.2 Å². The van der Waals surface area contributed by atoms with E-state index in [1.54, 1.807) is 18.4 Å². The first-order chi connectivity index (χ1) is 15.2. The number of methoxy groups -OCH3 is 1. The molecule has 6 nitrogen and oxygen atoms in total. The molecule has 162 valence electrons. The molecular formula is C24H28N4O2S. The van der Waals surface area contributed by atoms with Gasteiger partial charge in [0.1, 0.15) is 0 Å². The summed E-state index contributed by atoms with van der Waals surface area (Å²) in [7, 11) is 1.79. The molecule has 2 atom stereocenters. The number of piperidine rings is 1. The maximum Gasteiger partial charge on any atom is 0.222 e. The van der Waals surface area contributed by atoms with Gasteiger partial charge in [-0.3, -0.25) is 14.7 Å². The fraction of sp³-hybridized carbons (Fsp3) is 0.458. The summed E-state index contributed by atoms with van der Waals surface area (Å²) in [5.41, 5.74) is 2.25. The lowest BCUT2D eigenvalue weighted by Gasteiger charge is -2.53. The Kier molecular flexibility index (Phi) is 5.98. The molecule has 1 aromatic carbocycles. The maximum absolute atomic E-state index is 12.8. The molecule has 2 aliphatic heterocycles. The molecule has 2 fully saturated rings. The molecule has 0 spiro atoms. The van der Waals surface area contributed by atoms with Gasteiger partial charge in [0.2, 0.25) is 5.91 Å². The van der Waals surface area contributed by atoms with Crippen molar-refractivity contribution >= 4 is 27.5 Å². The molecule has 0 saturated carbocycles. The van der Waals surface area contributed by atoms with Crippen LogP contribution in [0.15, 0.2) is 48.8 Å². The van der Waals surface area contributed by atoms with Crippen LogP contribution in [-0.2, 0) is 16.0 Å². The summed E-state index contributed by atoms with van der Waals surface area (Å²) in [5, 5.41) is 1.05. The van der Waals surface area contributed by atoms with Crippen LogP contribution in [0.3, 0.4) is 0 Å². The number of thiazole rings is 1. The first kappa shape index (κ1) is 20.5. The van der Waals surface area contributed by atoms with Crippen molar-refractivity contribution in [3.8, 4) is 0 Å². The molecule has 5 rings (SSSR count). The van der Waals surface area contributed by atoms with Crippen molar-refractivity contribution in [2.45, 2.75) is 43.9 Å². The smallest absolute Gasteiger partial charge is 0.222 e. The van der Waals surface area contributed by atoms with Gasteiger partial charge in [-0.2, -0.15) is 0 Å². The van der Waals surface area contributed by atoms with Gasteiger partial charge < -0.3 is 9.64 Å². The zero-order valence-corrected chi connectivity index (χ0v) is 18.6. The average Bonchev–Trinajstić information content (AvgIpc) is 3.21. The van der Waals surface area contributed by atoms with Crippen LogP contribution >= 0.6 is 11.3 Å². The summed E-state index contributed by atoms with van der Waals surface area (Å²) >= 11 is 1.70. The third-order valence-corrected chi connectivity index (χ3v) is 7.70. The minimum atomic E-state index is 0.220. The van der Waals surface area contributed by atoms with Crippen LogP contribution in [-0.4, -0.2) is 64.6 Å². The van der Waals surface area contributed by atoms with E-state index in [0.717, 1.165) is 49.4 Å². The standard InChI is InChI=1S/C24H28N4O2S/c1-30-20-16-28(24(20)17-5-4-12-25-15-17)18-10-13-27(14-11-18)23(29)9-8-22-26-19-6-2-3-7-21(19)31-22/h2-7,12,15,18,20,24H,8-11,13-14,16H2,1H3/t20-,24-/m0/s1. The second-order valence-electron chi connectivity index (χ2n) is 8.39. The molecule has 0 unspecified atom stereocenters. The van der Waals surface area contributed by atoms with Crippen LogP contribution in [0.5, 0.6) is 0 Å². The van der Waals surface area contributed by atoms with Crippen molar-refractivity contribution in [3.63, 3.8) is 0 Å². The van der Waals surface area contributed by atoms with Crippen LogP contribution < -0.4 is 0 Å². The average molecular weight is 437 g/mol. The molecule has 31 heavy (non-hydrogen) atoms. The Balaban J connectivity index is 1.14. The molecule has 0 radical (unpaired) electrons. The molecule has 0 N–H and O–H groups in total. The Hall–Kier alpha value is -2.35. The van der Waals surface area contributed by atoms with Gasteiger partial charge in [0.05, 0.1) is 27.4 Å². The number of carbonyl (C=O) groups excluding carboxylic acids is 1. The molecule has 1 amide bonds. The van der Waals surface area contributed by atoms with E-state index in [-0.39, 0.29) is 18.1 Å². The number of hydrogen-bond acceptors (Lipinski definition) is 6. The largest absolute Gasteiger partial charge is 0.378 e. The van der Waals surface area contributed by atoms with Gasteiger partial charge in [-0.15, -0.1) is 11.3 Å². The zero-order valence-electron chi connectivity index (χ0n) is 17.8. The number of likely N-dealkylation sites (tertiary alicyclic amines) is 2. The van der Waals surface area contributed by atoms with Crippen molar-refractivity contribution in [1.82, 2.24) is 19.8 Å². The van der Waals surface area contributed by atoms with E-state index in [1.807, 2.05) is 41.6 Å². The molecule has 0 bridgehead atoms. The molecule has 2 saturated heterocycles. The van der Waals surface area contributed by atoms with Crippen LogP contribution in [0.2, 0.25) is 0 Å². The molecule has 7 heteroatoms. The Labute approximate surface area is 186 Å². The first-order valence-electron chi connectivity index (χ1n) is 11.0. The SMILES string of the molecule is CO[C@H]1CN(C2CCN(C(=O)CCc3nc4ccccc4s3)CC2)[C@H]1c1cccnc1. The van der Waals surface area contributed by atoms with Gasteiger partial charge >= 0.3 is 0 Å². The van der Waals surface area contributed by atoms with E-state index in [4.69, 9.17) is 4.74 Å². The van der Waals surface area contributed by atoms with Crippen LogP contribution in [0, 0.1) is 0 Å². The minimum Gasteiger partial charge on any atom is -0.378 e. The van der Waals surface area contributed by atoms with Crippen molar-refractivity contribution in [2.75, 3.05) is 26.7 Å². The van der Waals surface area contributed by atoms with Gasteiger partial charge in [-0.05, 0) is 36.6 Å². The number of benzene rings is 1. The highest BCUT2D eigenvalue weighted by Crippen LogP contribution is 2.39. The van der Waals surface area contributed by atoms with E-state index < -0.39 is 0 Å². The molecule has 2 aliphatic rings. The van der Waals surface area contributed by atoms with Crippen molar-refractivity contribution in [2.24, 2.45) is 0 Å². The number of para-hydroxylation sites is 1. The summed E-state index contributed by atoms with van der Waals surface area (Å²) in [6.07, 6.45) is 7.27. The van der Waals surface area contributed by atoms with Crippen LogP contribution in [0.4, 0.5) is 0 Å². The molecule has 3 aromatic rings. The number of rotatable bonds is 6. The predicted octanol–water partition coefficient (Wildman–Crippen LogP) is 3.69. The number of amides is 1. The fourth-order valence-corrected chi connectivity index (χ4v) is 5.85. The Morgan fingerprint density at radius 1 is 1.19 bits per heavy atom. The van der Waals surface area contributed by atoms with Crippen LogP contribution in [0.1, 0.15) is 35.9 Å². The van der Waals surface area contributed by atoms with Gasteiger partial charge in [0, 0.05) is 58.0 Å². The topological polar surface area (TPSA) is 58.6 Å². The minimum absolute atomic E-state index is 0.220. The summed E-state index contributed by atoms with van der Waals surface area (Å²) in [4.78, 5) is 26.3. The summed E-state index contributed by atoms with van der Waals surface area (Å²) in [5.74, 6) is 0.250. The number of nitrogens with zero attached hydrogens (tertiary/aromatic N) is 4. The molecule has 2 aromatic heterocycles. The lowest BCUT2D eigenvalue weighted by atomic mass is 9.87. The fourth-order valence-electron chi connectivity index (χ4n) is 4.88. The second kappa shape index (κ2) is 9.02. The lowest BCUT2D eigenvalue weighted by Crippen LogP contribution is -2.60. The van der Waals surface area contributed by atoms with E-state index in [1.165, 1.54) is 10.3 Å². The molecule has 4 heterocycles. The van der Waals surface area contributed by atoms with Gasteiger partial charge in [0.25, 0.3) is 0 Å². The molecular weight excluding hydrogens is 408 g/mol. The van der Waals surface area contributed by atoms with E-state index in [0.29, 0.717) is 12.5 Å². The Morgan fingerprint density at radius 2 is 2.03 bits per heavy atom. The number of ether oxygens (including phenoxy) is 1. The Morgan fingerprint density at radius 3 is 2.77 bits per heavy atom. The first-order valence-corrected chi connectivity index (χ1v) is 11.9. The lowest BCUT2D eigenvalue weighted by molar-refractivity contribution is -0.137. The highest BCUT2D eigenvalue weighted by atomic mass is 32.1.